The summed E-state index contributed by atoms with van der Waals surface area (Å²) in [6, 6.07) is 17.5. The van der Waals surface area contributed by atoms with Crippen LogP contribution in [-0.4, -0.2) is 33.0 Å². The Labute approximate surface area is 265 Å². The molecule has 0 heterocycles. The molecule has 0 unspecified atom stereocenters. The van der Waals surface area contributed by atoms with Crippen molar-refractivity contribution in [2.45, 2.75) is 106 Å². The predicted octanol–water partition coefficient (Wildman–Crippen LogP) is 10.4. The Morgan fingerprint density at radius 1 is 0.545 bits per heavy atom. The average Bonchev–Trinajstić information content (AvgIpc) is 3.27. The van der Waals surface area contributed by atoms with Gasteiger partial charge in [0.15, 0.2) is 23.5 Å². The highest BCUT2D eigenvalue weighted by molar-refractivity contribution is 6.00. The van der Waals surface area contributed by atoms with E-state index in [1.54, 1.807) is 12.4 Å². The summed E-state index contributed by atoms with van der Waals surface area (Å²) < 4.78 is 2.11. The van der Waals surface area contributed by atoms with E-state index in [1.807, 2.05) is 41.5 Å². The van der Waals surface area contributed by atoms with Crippen LogP contribution < -0.4 is 0 Å². The zero-order valence-corrected chi connectivity index (χ0v) is 28.8. The topological polar surface area (TPSA) is 52.1 Å². The molecule has 44 heavy (non-hydrogen) atoms. The van der Waals surface area contributed by atoms with E-state index in [4.69, 9.17) is 0 Å². The molecular weight excluding hydrogens is 540 g/mol. The van der Waals surface area contributed by atoms with Crippen LogP contribution in [0.2, 0.25) is 0 Å². The number of nitrogens with zero attached hydrogens (tertiary/aromatic N) is 2. The lowest BCUT2D eigenvalue weighted by Crippen LogP contribution is -2.29. The van der Waals surface area contributed by atoms with Crippen LogP contribution in [0.15, 0.2) is 48.5 Å². The third-order valence-electron chi connectivity index (χ3n) is 8.43. The highest BCUT2D eigenvalue weighted by Crippen LogP contribution is 2.40. The van der Waals surface area contributed by atoms with Crippen molar-refractivity contribution < 1.29 is 9.48 Å². The first-order valence-corrected chi connectivity index (χ1v) is 15.8. The van der Waals surface area contributed by atoms with Gasteiger partial charge in [0, 0.05) is 52.7 Å². The van der Waals surface area contributed by atoms with E-state index in [0.717, 1.165) is 65.1 Å². The van der Waals surface area contributed by atoms with Crippen molar-refractivity contribution in [3.05, 3.63) is 103 Å². The zero-order chi connectivity index (χ0) is 32.7. The minimum atomic E-state index is -0.544. The summed E-state index contributed by atoms with van der Waals surface area (Å²) in [5.41, 5.74) is 12.1. The molecule has 0 amide bonds. The molecule has 0 fully saturated rings. The number of hydrogen-bond donors (Lipinski definition) is 0. The standard InChI is InChI=1S/C40H50N2O2/c1-25(2)29-15-13-27(5)37-31(19-33(35(37)21-29)23-41(43)39(7,8)9)17-18-32-20-34(24-42(44)40(10,11)12)36-22-30(26(3)4)16-14-28(6)38(32)36/h13-26H,1-12H3/b18-17+,41-23-,42-24+. The third kappa shape index (κ3) is 6.90. The summed E-state index contributed by atoms with van der Waals surface area (Å²) in [4.78, 5) is 0. The maximum absolute atomic E-state index is 13.1. The molecule has 0 aromatic rings. The van der Waals surface area contributed by atoms with Crippen LogP contribution in [-0.2, 0) is 0 Å². The van der Waals surface area contributed by atoms with Crippen LogP contribution in [0.5, 0.6) is 0 Å². The zero-order valence-electron chi connectivity index (χ0n) is 28.8. The molecule has 0 atom stereocenters. The Morgan fingerprint density at radius 2 is 0.886 bits per heavy atom. The van der Waals surface area contributed by atoms with Gasteiger partial charge in [-0.2, -0.15) is 0 Å². The second-order valence-electron chi connectivity index (χ2n) is 14.9. The van der Waals surface area contributed by atoms with Crippen molar-refractivity contribution >= 4 is 24.6 Å². The first-order chi connectivity index (χ1) is 20.4. The maximum Gasteiger partial charge on any atom is 0.182 e. The van der Waals surface area contributed by atoms with Gasteiger partial charge in [-0.1, -0.05) is 76.2 Å². The summed E-state index contributed by atoms with van der Waals surface area (Å²) >= 11 is 0. The Balaban J connectivity index is 1.97. The van der Waals surface area contributed by atoms with E-state index in [-0.39, 0.29) is 0 Å². The van der Waals surface area contributed by atoms with Crippen LogP contribution in [0.4, 0.5) is 0 Å². The second kappa shape index (κ2) is 12.2. The van der Waals surface area contributed by atoms with E-state index in [9.17, 15) is 10.4 Å². The van der Waals surface area contributed by atoms with Gasteiger partial charge in [-0.3, -0.25) is 0 Å². The van der Waals surface area contributed by atoms with E-state index in [0.29, 0.717) is 11.8 Å². The number of hydroxylamine groups is 2. The molecule has 0 saturated heterocycles. The molecule has 4 aliphatic rings. The summed E-state index contributed by atoms with van der Waals surface area (Å²) in [5.74, 6) is 0.715. The lowest BCUT2D eigenvalue weighted by molar-refractivity contribution is -0.530. The highest BCUT2D eigenvalue weighted by atomic mass is 16.5. The Hall–Kier alpha value is -3.92. The quantitative estimate of drug-likeness (QED) is 0.0971. The monoisotopic (exact) mass is 590 g/mol. The Kier molecular flexibility index (Phi) is 9.17. The third-order valence-corrected chi connectivity index (χ3v) is 8.43. The summed E-state index contributed by atoms with van der Waals surface area (Å²) in [5, 5.41) is 26.2. The van der Waals surface area contributed by atoms with Gasteiger partial charge in [0.05, 0.1) is 0 Å². The first-order valence-electron chi connectivity index (χ1n) is 15.8. The van der Waals surface area contributed by atoms with Gasteiger partial charge in [-0.15, -0.1) is 0 Å². The largest absolute Gasteiger partial charge is 0.623 e. The fraction of sp³-hybridized carbons (Fsp3) is 0.400. The van der Waals surface area contributed by atoms with E-state index >= 15 is 0 Å². The van der Waals surface area contributed by atoms with Crippen LogP contribution in [0, 0.1) is 24.3 Å². The lowest BCUT2D eigenvalue weighted by Gasteiger charge is -2.18. The first kappa shape index (κ1) is 33.0. The average molecular weight is 591 g/mol. The number of hydrogen-bond acceptors (Lipinski definition) is 2. The smallest absolute Gasteiger partial charge is 0.182 e. The van der Waals surface area contributed by atoms with Crippen LogP contribution in [0.3, 0.4) is 0 Å². The maximum atomic E-state index is 13.1. The fourth-order valence-electron chi connectivity index (χ4n) is 5.48. The summed E-state index contributed by atoms with van der Waals surface area (Å²) in [7, 11) is 0. The number of rotatable bonds is 6. The molecule has 0 saturated carbocycles. The Bertz CT molecular complexity index is 1580. The lowest BCUT2D eigenvalue weighted by atomic mass is 9.99. The normalized spacial score (nSPS) is 13.8. The molecule has 4 aliphatic carbocycles. The molecule has 0 aliphatic heterocycles. The molecule has 0 N–H and O–H groups in total. The minimum absolute atomic E-state index is 0.358. The molecule has 0 bridgehead atoms. The summed E-state index contributed by atoms with van der Waals surface area (Å²) in [6.07, 6.45) is 7.81. The van der Waals surface area contributed by atoms with Crippen LogP contribution >= 0.6 is 0 Å². The van der Waals surface area contributed by atoms with Crippen molar-refractivity contribution in [2.75, 3.05) is 0 Å². The van der Waals surface area contributed by atoms with Gasteiger partial charge >= 0.3 is 0 Å². The van der Waals surface area contributed by atoms with E-state index in [2.05, 4.69) is 102 Å². The second-order valence-corrected chi connectivity index (χ2v) is 14.9. The molecule has 4 nitrogen and oxygen atoms in total. The van der Waals surface area contributed by atoms with Crippen molar-refractivity contribution in [3.63, 3.8) is 0 Å². The molecular formula is C40H50N2O2. The molecule has 0 radical (unpaired) electrons. The van der Waals surface area contributed by atoms with Crippen molar-refractivity contribution in [2.24, 2.45) is 0 Å². The molecule has 0 spiro atoms. The summed E-state index contributed by atoms with van der Waals surface area (Å²) in [6.45, 7) is 24.6. The van der Waals surface area contributed by atoms with Crippen LogP contribution in [0.25, 0.3) is 34.4 Å². The highest BCUT2D eigenvalue weighted by Gasteiger charge is 2.24. The molecule has 0 aromatic heterocycles. The van der Waals surface area contributed by atoms with Gasteiger partial charge in [-0.05, 0) is 93.5 Å². The van der Waals surface area contributed by atoms with Gasteiger partial charge in [0.1, 0.15) is 0 Å². The van der Waals surface area contributed by atoms with Gasteiger partial charge < -0.3 is 10.4 Å². The molecule has 0 aromatic carbocycles. The van der Waals surface area contributed by atoms with Crippen LogP contribution in [0.1, 0.15) is 126 Å². The number of aryl methyl sites for hydroxylation is 2. The molecule has 4 heteroatoms. The number of fused-ring (bicyclic) bond motifs is 2. The minimum Gasteiger partial charge on any atom is -0.623 e. The predicted molar refractivity (Wildman–Crippen MR) is 190 cm³/mol. The molecule has 232 valence electrons. The van der Waals surface area contributed by atoms with Crippen molar-refractivity contribution in [1.82, 2.24) is 0 Å². The molecule has 4 rings (SSSR count). The Morgan fingerprint density at radius 3 is 1.18 bits per heavy atom. The SMILES string of the molecule is Cc1ccc(C(C)C)cc2c(/C=[N+](\[O-])C(C)(C)C)cc(/C=C/c3cc(/C=[N+](/[O-])C(C)(C)C)c4cc(C(C)C)ccc(C)c3-4)c1-2. The van der Waals surface area contributed by atoms with Gasteiger partial charge in [-0.25, -0.2) is 9.48 Å². The fourth-order valence-corrected chi connectivity index (χ4v) is 5.48. The van der Waals surface area contributed by atoms with E-state index in [1.165, 1.54) is 11.1 Å². The van der Waals surface area contributed by atoms with Gasteiger partial charge in [0.25, 0.3) is 0 Å². The van der Waals surface area contributed by atoms with Gasteiger partial charge in [0.2, 0.25) is 0 Å². The van der Waals surface area contributed by atoms with Crippen molar-refractivity contribution in [1.29, 1.82) is 0 Å². The van der Waals surface area contributed by atoms with E-state index < -0.39 is 11.1 Å². The van der Waals surface area contributed by atoms with Crippen molar-refractivity contribution in [3.8, 4) is 22.3 Å².